The van der Waals surface area contributed by atoms with Crippen LogP contribution in [0.25, 0.3) is 0 Å². The van der Waals surface area contributed by atoms with Gasteiger partial charge in [-0.1, -0.05) is 72.8 Å². The molecular formula is C19H15ClO. The summed E-state index contributed by atoms with van der Waals surface area (Å²) in [6.07, 6.45) is 3.90. The molecule has 0 spiro atoms. The van der Waals surface area contributed by atoms with Crippen LogP contribution in [0.1, 0.15) is 21.8 Å². The number of ketones is 1. The summed E-state index contributed by atoms with van der Waals surface area (Å²) in [6.45, 7) is 4.09. The van der Waals surface area contributed by atoms with Crippen LogP contribution in [-0.4, -0.2) is 5.78 Å². The van der Waals surface area contributed by atoms with Crippen molar-refractivity contribution in [3.8, 4) is 0 Å². The number of benzene rings is 2. The van der Waals surface area contributed by atoms with Gasteiger partial charge in [0.2, 0.25) is 0 Å². The minimum Gasteiger partial charge on any atom is -0.293 e. The molecule has 2 heteroatoms. The zero-order valence-corrected chi connectivity index (χ0v) is 12.3. The molecule has 0 radical (unpaired) electrons. The van der Waals surface area contributed by atoms with Gasteiger partial charge in [0.1, 0.15) is 0 Å². The van der Waals surface area contributed by atoms with Gasteiger partial charge in [0.15, 0.2) is 5.78 Å². The van der Waals surface area contributed by atoms with Gasteiger partial charge in [-0.3, -0.25) is 4.79 Å². The van der Waals surface area contributed by atoms with E-state index in [-0.39, 0.29) is 17.6 Å². The Bertz CT molecular complexity index is 698. The Morgan fingerprint density at radius 2 is 1.67 bits per heavy atom. The van der Waals surface area contributed by atoms with Crippen LogP contribution in [0.5, 0.6) is 0 Å². The van der Waals surface area contributed by atoms with Crippen molar-refractivity contribution in [2.24, 2.45) is 5.92 Å². The van der Waals surface area contributed by atoms with E-state index in [9.17, 15) is 4.79 Å². The van der Waals surface area contributed by atoms with Crippen LogP contribution in [0.15, 0.2) is 78.9 Å². The first-order chi connectivity index (χ1) is 10.2. The number of carbonyl (C=O) groups is 1. The van der Waals surface area contributed by atoms with E-state index in [1.165, 1.54) is 0 Å². The first-order valence-corrected chi connectivity index (χ1v) is 7.26. The summed E-state index contributed by atoms with van der Waals surface area (Å²) >= 11 is 5.94. The van der Waals surface area contributed by atoms with Gasteiger partial charge in [-0.2, -0.15) is 0 Å². The lowest BCUT2D eigenvalue weighted by Crippen LogP contribution is -2.18. The summed E-state index contributed by atoms with van der Waals surface area (Å²) in [7, 11) is 0. The van der Waals surface area contributed by atoms with Crippen molar-refractivity contribution in [1.82, 2.24) is 0 Å². The number of halogens is 1. The van der Waals surface area contributed by atoms with Gasteiger partial charge in [-0.05, 0) is 23.3 Å². The molecule has 0 aromatic heterocycles. The molecule has 0 aliphatic heterocycles. The normalized spacial score (nSPS) is 20.7. The van der Waals surface area contributed by atoms with Crippen LogP contribution >= 0.6 is 11.6 Å². The predicted octanol–water partition coefficient (Wildman–Crippen LogP) is 5.05. The second-order valence-electron chi connectivity index (χ2n) is 5.22. The fourth-order valence-electron chi connectivity index (χ4n) is 2.80. The van der Waals surface area contributed by atoms with Crippen molar-refractivity contribution in [2.45, 2.75) is 5.92 Å². The lowest BCUT2D eigenvalue weighted by molar-refractivity contribution is 0.0939. The standard InChI is InChI=1S/C19H15ClO/c1-13-7-12-17(19(21)15-5-3-2-4-6-15)18(13)14-8-10-16(20)11-9-14/h2-12,17-18H,1H2/t17-,18+/m0/s1. The molecule has 0 saturated heterocycles. The molecule has 21 heavy (non-hydrogen) atoms. The highest BCUT2D eigenvalue weighted by molar-refractivity contribution is 6.30. The number of carbonyl (C=O) groups excluding carboxylic acids is 1. The van der Waals surface area contributed by atoms with Gasteiger partial charge in [-0.15, -0.1) is 0 Å². The second-order valence-corrected chi connectivity index (χ2v) is 5.66. The molecule has 2 atom stereocenters. The monoisotopic (exact) mass is 294 g/mol. The first kappa shape index (κ1) is 13.8. The van der Waals surface area contributed by atoms with E-state index < -0.39 is 0 Å². The van der Waals surface area contributed by atoms with Crippen LogP contribution in [-0.2, 0) is 0 Å². The number of allylic oxidation sites excluding steroid dienone is 3. The Balaban J connectivity index is 1.94. The molecule has 0 heterocycles. The van der Waals surface area contributed by atoms with Crippen molar-refractivity contribution >= 4 is 17.4 Å². The maximum atomic E-state index is 12.7. The molecule has 2 aromatic carbocycles. The highest BCUT2D eigenvalue weighted by Gasteiger charge is 2.33. The van der Waals surface area contributed by atoms with Gasteiger partial charge in [0.05, 0.1) is 5.92 Å². The van der Waals surface area contributed by atoms with Gasteiger partial charge in [0, 0.05) is 16.5 Å². The number of rotatable bonds is 3. The summed E-state index contributed by atoms with van der Waals surface area (Å²) in [6, 6.07) is 17.0. The quantitative estimate of drug-likeness (QED) is 0.724. The lowest BCUT2D eigenvalue weighted by atomic mass is 9.82. The topological polar surface area (TPSA) is 17.1 Å². The highest BCUT2D eigenvalue weighted by atomic mass is 35.5. The van der Waals surface area contributed by atoms with E-state index in [0.717, 1.165) is 16.7 Å². The van der Waals surface area contributed by atoms with E-state index in [0.29, 0.717) is 5.02 Å². The van der Waals surface area contributed by atoms with E-state index >= 15 is 0 Å². The average Bonchev–Trinajstić information content (AvgIpc) is 2.90. The molecular weight excluding hydrogens is 280 g/mol. The van der Waals surface area contributed by atoms with E-state index in [4.69, 9.17) is 11.6 Å². The van der Waals surface area contributed by atoms with Crippen molar-refractivity contribution in [1.29, 1.82) is 0 Å². The van der Waals surface area contributed by atoms with Gasteiger partial charge in [0.25, 0.3) is 0 Å². The maximum Gasteiger partial charge on any atom is 0.170 e. The smallest absolute Gasteiger partial charge is 0.170 e. The molecule has 104 valence electrons. The fourth-order valence-corrected chi connectivity index (χ4v) is 2.92. The SMILES string of the molecule is C=C1C=C[C@H](C(=O)c2ccccc2)[C@H]1c1ccc(Cl)cc1. The van der Waals surface area contributed by atoms with Crippen LogP contribution in [0, 0.1) is 5.92 Å². The zero-order chi connectivity index (χ0) is 14.8. The Kier molecular flexibility index (Phi) is 3.76. The Morgan fingerprint density at radius 1 is 1.00 bits per heavy atom. The van der Waals surface area contributed by atoms with Gasteiger partial charge >= 0.3 is 0 Å². The largest absolute Gasteiger partial charge is 0.293 e. The molecule has 2 aromatic rings. The minimum atomic E-state index is -0.193. The lowest BCUT2D eigenvalue weighted by Gasteiger charge is -2.20. The average molecular weight is 295 g/mol. The predicted molar refractivity (Wildman–Crippen MR) is 86.7 cm³/mol. The molecule has 3 rings (SSSR count). The van der Waals surface area contributed by atoms with Crippen molar-refractivity contribution in [3.63, 3.8) is 0 Å². The van der Waals surface area contributed by atoms with Crippen molar-refractivity contribution < 1.29 is 4.79 Å². The Hall–Kier alpha value is -2.12. The van der Waals surface area contributed by atoms with Crippen LogP contribution in [0.3, 0.4) is 0 Å². The molecule has 0 bridgehead atoms. The van der Waals surface area contributed by atoms with Gasteiger partial charge in [-0.25, -0.2) is 0 Å². The summed E-state index contributed by atoms with van der Waals surface area (Å²) in [4.78, 5) is 12.7. The highest BCUT2D eigenvalue weighted by Crippen LogP contribution is 2.40. The van der Waals surface area contributed by atoms with Crippen LogP contribution in [0.2, 0.25) is 5.02 Å². The minimum absolute atomic E-state index is 0.00465. The number of hydrogen-bond acceptors (Lipinski definition) is 1. The van der Waals surface area contributed by atoms with E-state index in [2.05, 4.69) is 6.58 Å². The summed E-state index contributed by atoms with van der Waals surface area (Å²) < 4.78 is 0. The van der Waals surface area contributed by atoms with Gasteiger partial charge < -0.3 is 0 Å². The third-order valence-electron chi connectivity index (χ3n) is 3.87. The maximum absolute atomic E-state index is 12.7. The Morgan fingerprint density at radius 3 is 2.33 bits per heavy atom. The van der Waals surface area contributed by atoms with Crippen molar-refractivity contribution in [2.75, 3.05) is 0 Å². The molecule has 0 N–H and O–H groups in total. The fraction of sp³-hybridized carbons (Fsp3) is 0.105. The summed E-state index contributed by atoms with van der Waals surface area (Å²) in [5.41, 5.74) is 2.77. The number of hydrogen-bond donors (Lipinski definition) is 0. The third kappa shape index (κ3) is 2.70. The molecule has 1 aliphatic carbocycles. The molecule has 0 fully saturated rings. The van der Waals surface area contributed by atoms with Crippen LogP contribution in [0.4, 0.5) is 0 Å². The molecule has 1 aliphatic rings. The second kappa shape index (κ2) is 5.71. The van der Waals surface area contributed by atoms with E-state index in [1.54, 1.807) is 0 Å². The zero-order valence-electron chi connectivity index (χ0n) is 11.5. The Labute approximate surface area is 129 Å². The molecule has 0 unspecified atom stereocenters. The number of Topliss-reactive ketones (excluding diaryl/α,β-unsaturated/α-hetero) is 1. The molecule has 0 amide bonds. The van der Waals surface area contributed by atoms with Crippen LogP contribution < -0.4 is 0 Å². The third-order valence-corrected chi connectivity index (χ3v) is 4.12. The summed E-state index contributed by atoms with van der Waals surface area (Å²) in [5, 5.41) is 0.696. The first-order valence-electron chi connectivity index (χ1n) is 6.88. The van der Waals surface area contributed by atoms with Crippen molar-refractivity contribution in [3.05, 3.63) is 95.1 Å². The summed E-state index contributed by atoms with van der Waals surface area (Å²) in [5.74, 6) is -0.0681. The van der Waals surface area contributed by atoms with E-state index in [1.807, 2.05) is 66.7 Å². The molecule has 0 saturated carbocycles. The molecule has 1 nitrogen and oxygen atoms in total.